The molecule has 2 aliphatic carbocycles. The second-order valence-electron chi connectivity index (χ2n) is 7.63. The van der Waals surface area contributed by atoms with Crippen LogP contribution in [0.15, 0.2) is 12.7 Å². The van der Waals surface area contributed by atoms with Crippen molar-refractivity contribution in [2.45, 2.75) is 43.6 Å². The Bertz CT molecular complexity index is 792. The van der Waals surface area contributed by atoms with Crippen LogP contribution in [0.2, 0.25) is 0 Å². The van der Waals surface area contributed by atoms with Gasteiger partial charge in [0.1, 0.15) is 12.7 Å². The number of rotatable bonds is 11. The fourth-order valence-electron chi connectivity index (χ4n) is 5.05. The molecule has 5 unspecified atom stereocenters. The van der Waals surface area contributed by atoms with E-state index >= 15 is 0 Å². The van der Waals surface area contributed by atoms with Crippen molar-refractivity contribution in [3.63, 3.8) is 0 Å². The van der Waals surface area contributed by atoms with E-state index in [4.69, 9.17) is 23.1 Å². The Morgan fingerprint density at radius 1 is 1.24 bits per heavy atom. The number of fused-ring (bicyclic) bond motifs is 1. The number of hydrogen-bond donors (Lipinski definition) is 0. The van der Waals surface area contributed by atoms with Crippen molar-refractivity contribution in [2.24, 2.45) is 10.8 Å². The van der Waals surface area contributed by atoms with Gasteiger partial charge in [0.2, 0.25) is 0 Å². The topological polar surface area (TPSA) is 132 Å². The lowest BCUT2D eigenvalue weighted by atomic mass is 9.76. The van der Waals surface area contributed by atoms with Gasteiger partial charge in [0.15, 0.2) is 0 Å². The molecule has 10 nitrogen and oxygen atoms in total. The quantitative estimate of drug-likeness (QED) is 0.111. The second kappa shape index (κ2) is 8.04. The van der Waals surface area contributed by atoms with Gasteiger partial charge < -0.3 is 18.9 Å². The van der Waals surface area contributed by atoms with Crippen LogP contribution in [0.25, 0.3) is 0 Å². The average Bonchev–Trinajstić information content (AvgIpc) is 3.17. The summed E-state index contributed by atoms with van der Waals surface area (Å²) in [6, 6.07) is 0. The summed E-state index contributed by atoms with van der Waals surface area (Å²) in [5.41, 5.74) is -1.56. The summed E-state index contributed by atoms with van der Waals surface area (Å²) in [5, 5.41) is -0.788. The largest absolute Gasteiger partial charge is 0.468 e. The molecule has 1 aliphatic heterocycles. The minimum absolute atomic E-state index is 0.0115. The van der Waals surface area contributed by atoms with E-state index in [-0.39, 0.29) is 39.3 Å². The van der Waals surface area contributed by atoms with Gasteiger partial charge in [-0.15, -0.1) is 0 Å². The van der Waals surface area contributed by atoms with Crippen LogP contribution in [0.5, 0.6) is 0 Å². The minimum atomic E-state index is -3.85. The molecule has 2 saturated carbocycles. The van der Waals surface area contributed by atoms with Gasteiger partial charge in [-0.1, -0.05) is 6.58 Å². The summed E-state index contributed by atoms with van der Waals surface area (Å²) >= 11 is 0. The second-order valence-corrected chi connectivity index (χ2v) is 9.38. The molecule has 1 saturated heterocycles. The number of esters is 2. The van der Waals surface area contributed by atoms with Gasteiger partial charge in [-0.3, -0.25) is 13.8 Å². The highest BCUT2D eigenvalue weighted by Crippen LogP contribution is 2.70. The molecule has 1 heterocycles. The van der Waals surface area contributed by atoms with Crippen molar-refractivity contribution >= 4 is 28.5 Å². The van der Waals surface area contributed by atoms with E-state index in [1.54, 1.807) is 0 Å². The molecule has 3 rings (SSSR count). The van der Waals surface area contributed by atoms with Crippen molar-refractivity contribution in [3.05, 3.63) is 12.7 Å². The van der Waals surface area contributed by atoms with Gasteiger partial charge >= 0.3 is 11.9 Å². The van der Waals surface area contributed by atoms with E-state index in [0.717, 1.165) is 6.08 Å². The number of carbonyl (C=O) groups excluding carboxylic acids is 3. The van der Waals surface area contributed by atoms with E-state index < -0.39 is 50.3 Å². The van der Waals surface area contributed by atoms with Crippen LogP contribution >= 0.6 is 0 Å². The molecule has 0 aromatic rings. The van der Waals surface area contributed by atoms with E-state index in [1.807, 2.05) is 0 Å². The normalized spacial score (nSPS) is 35.8. The fourth-order valence-corrected chi connectivity index (χ4v) is 7.21. The Morgan fingerprint density at radius 2 is 2.00 bits per heavy atom. The standard InChI is InChI=1S/C18H24O10S/c1-3-14(21)25-6-7-26-15-16-18(4-5-24-11-19)9-17(15,10-27-12(2)20)8-13(18)29(22,23)28-16/h3,11,13,15-16H,1,4-10H2,2H3. The van der Waals surface area contributed by atoms with E-state index in [2.05, 4.69) is 6.58 Å². The highest BCUT2D eigenvalue weighted by molar-refractivity contribution is 7.87. The van der Waals surface area contributed by atoms with Gasteiger partial charge in [0.05, 0.1) is 31.2 Å². The zero-order chi connectivity index (χ0) is 21.3. The first-order chi connectivity index (χ1) is 13.7. The predicted octanol–water partition coefficient (Wildman–Crippen LogP) is 0.104. The lowest BCUT2D eigenvalue weighted by Crippen LogP contribution is -2.49. The van der Waals surface area contributed by atoms with Gasteiger partial charge in [-0.05, 0) is 19.3 Å². The maximum Gasteiger partial charge on any atom is 0.330 e. The van der Waals surface area contributed by atoms with E-state index in [0.29, 0.717) is 12.9 Å². The third kappa shape index (κ3) is 3.78. The van der Waals surface area contributed by atoms with Crippen LogP contribution in [-0.2, 0) is 47.6 Å². The molecule has 0 aromatic heterocycles. The Balaban J connectivity index is 1.83. The lowest BCUT2D eigenvalue weighted by Gasteiger charge is -2.37. The average molecular weight is 432 g/mol. The maximum atomic E-state index is 12.6. The zero-order valence-corrected chi connectivity index (χ0v) is 16.9. The van der Waals surface area contributed by atoms with Gasteiger partial charge in [0.25, 0.3) is 16.6 Å². The number of carbonyl (C=O) groups is 3. The smallest absolute Gasteiger partial charge is 0.330 e. The maximum absolute atomic E-state index is 12.6. The first-order valence-corrected chi connectivity index (χ1v) is 10.7. The molecule has 11 heteroatoms. The number of hydrogen-bond acceptors (Lipinski definition) is 10. The molecule has 0 amide bonds. The van der Waals surface area contributed by atoms with Crippen LogP contribution < -0.4 is 0 Å². The summed E-state index contributed by atoms with van der Waals surface area (Å²) in [7, 11) is -3.85. The molecule has 3 fully saturated rings. The van der Waals surface area contributed by atoms with Crippen LogP contribution in [0, 0.1) is 10.8 Å². The summed E-state index contributed by atoms with van der Waals surface area (Å²) in [6.45, 7) is 4.89. The molecular weight excluding hydrogens is 408 g/mol. The molecule has 0 spiro atoms. The SMILES string of the molecule is C=CC(=O)OCCOC1C2OS(=O)(=O)C3CC1(COC(C)=O)CC23CCOC=O. The van der Waals surface area contributed by atoms with E-state index in [9.17, 15) is 22.8 Å². The first kappa shape index (κ1) is 21.7. The minimum Gasteiger partial charge on any atom is -0.468 e. The van der Waals surface area contributed by atoms with E-state index in [1.165, 1.54) is 6.92 Å². The van der Waals surface area contributed by atoms with Crippen molar-refractivity contribution in [2.75, 3.05) is 26.4 Å². The Labute approximate surface area is 168 Å². The van der Waals surface area contributed by atoms with Crippen LogP contribution in [-0.4, -0.2) is 70.7 Å². The van der Waals surface area contributed by atoms with Crippen LogP contribution in [0.3, 0.4) is 0 Å². The summed E-state index contributed by atoms with van der Waals surface area (Å²) in [4.78, 5) is 33.1. The zero-order valence-electron chi connectivity index (χ0n) is 16.0. The summed E-state index contributed by atoms with van der Waals surface area (Å²) < 4.78 is 51.6. The Hall–Kier alpha value is -1.98. The molecule has 0 radical (unpaired) electrons. The van der Waals surface area contributed by atoms with Crippen LogP contribution in [0.4, 0.5) is 0 Å². The summed E-state index contributed by atoms with van der Waals surface area (Å²) in [5.74, 6) is -1.08. The fraction of sp³-hybridized carbons (Fsp3) is 0.722. The van der Waals surface area contributed by atoms with Crippen molar-refractivity contribution in [1.82, 2.24) is 0 Å². The molecule has 0 N–H and O–H groups in total. The van der Waals surface area contributed by atoms with Gasteiger partial charge in [-0.25, -0.2) is 4.79 Å². The lowest BCUT2D eigenvalue weighted by molar-refractivity contribution is -0.155. The third-order valence-electron chi connectivity index (χ3n) is 6.05. The van der Waals surface area contributed by atoms with Gasteiger partial charge in [0, 0.05) is 23.8 Å². The van der Waals surface area contributed by atoms with Gasteiger partial charge in [-0.2, -0.15) is 8.42 Å². The monoisotopic (exact) mass is 432 g/mol. The molecule has 162 valence electrons. The molecule has 0 aromatic carbocycles. The van der Waals surface area contributed by atoms with Crippen molar-refractivity contribution in [1.29, 1.82) is 0 Å². The first-order valence-electron chi connectivity index (χ1n) is 9.22. The van der Waals surface area contributed by atoms with Crippen molar-refractivity contribution in [3.8, 4) is 0 Å². The molecule has 5 atom stereocenters. The summed E-state index contributed by atoms with van der Waals surface area (Å²) in [6.07, 6.45) is 0.423. The van der Waals surface area contributed by atoms with Crippen molar-refractivity contribution < 1.29 is 45.9 Å². The molecule has 2 bridgehead atoms. The molecule has 29 heavy (non-hydrogen) atoms. The predicted molar refractivity (Wildman–Crippen MR) is 95.8 cm³/mol. The number of ether oxygens (including phenoxy) is 4. The Kier molecular flexibility index (Phi) is 6.02. The molecule has 3 aliphatic rings. The Morgan fingerprint density at radius 3 is 2.66 bits per heavy atom. The van der Waals surface area contributed by atoms with Crippen LogP contribution in [0.1, 0.15) is 26.2 Å². The molecular formula is C18H24O10S. The highest BCUT2D eigenvalue weighted by atomic mass is 32.2. The third-order valence-corrected chi connectivity index (χ3v) is 7.86. The highest BCUT2D eigenvalue weighted by Gasteiger charge is 2.78.